The third-order valence-corrected chi connectivity index (χ3v) is 3.36. The molecule has 2 aromatic rings. The minimum atomic E-state index is -0.579. The van der Waals surface area contributed by atoms with Crippen molar-refractivity contribution >= 4 is 23.1 Å². The molecule has 4 N–H and O–H groups in total. The SMILES string of the molecule is NC(=S)C(C(=O)NCCCc1ncc[nH]1)c1ccccc1. The second-order valence-electron chi connectivity index (χ2n) is 4.68. The highest BCUT2D eigenvalue weighted by molar-refractivity contribution is 7.80. The number of nitrogens with zero attached hydrogens (tertiary/aromatic N) is 1. The van der Waals surface area contributed by atoms with Crippen LogP contribution in [-0.2, 0) is 11.2 Å². The van der Waals surface area contributed by atoms with E-state index in [1.807, 2.05) is 30.3 Å². The number of amides is 1. The Morgan fingerprint density at radius 2 is 2.14 bits per heavy atom. The lowest BCUT2D eigenvalue weighted by atomic mass is 9.98. The van der Waals surface area contributed by atoms with Gasteiger partial charge in [-0.25, -0.2) is 4.98 Å². The van der Waals surface area contributed by atoms with Gasteiger partial charge in [0.1, 0.15) is 11.7 Å². The zero-order valence-corrected chi connectivity index (χ0v) is 12.4. The first-order valence-electron chi connectivity index (χ1n) is 6.78. The van der Waals surface area contributed by atoms with Gasteiger partial charge < -0.3 is 16.0 Å². The van der Waals surface area contributed by atoms with Crippen LogP contribution in [0.1, 0.15) is 23.7 Å². The van der Waals surface area contributed by atoms with E-state index in [1.54, 1.807) is 12.4 Å². The first-order valence-corrected chi connectivity index (χ1v) is 7.19. The summed E-state index contributed by atoms with van der Waals surface area (Å²) in [5.41, 5.74) is 6.52. The normalized spacial score (nSPS) is 11.8. The van der Waals surface area contributed by atoms with Gasteiger partial charge in [0.15, 0.2) is 0 Å². The molecule has 0 saturated heterocycles. The maximum Gasteiger partial charge on any atom is 0.234 e. The fourth-order valence-electron chi connectivity index (χ4n) is 2.09. The first kappa shape index (κ1) is 15.2. The van der Waals surface area contributed by atoms with Gasteiger partial charge in [-0.3, -0.25) is 4.79 Å². The molecule has 6 heteroatoms. The number of rotatable bonds is 7. The lowest BCUT2D eigenvalue weighted by molar-refractivity contribution is -0.121. The molecule has 21 heavy (non-hydrogen) atoms. The Kier molecular flexibility index (Phi) is 5.45. The highest BCUT2D eigenvalue weighted by Crippen LogP contribution is 2.16. The van der Waals surface area contributed by atoms with Crippen LogP contribution in [0.2, 0.25) is 0 Å². The van der Waals surface area contributed by atoms with Gasteiger partial charge in [-0.15, -0.1) is 0 Å². The molecule has 0 fully saturated rings. The van der Waals surface area contributed by atoms with Crippen molar-refractivity contribution in [1.82, 2.24) is 15.3 Å². The van der Waals surface area contributed by atoms with Gasteiger partial charge >= 0.3 is 0 Å². The Hall–Kier alpha value is -2.21. The van der Waals surface area contributed by atoms with Gasteiger partial charge in [0.2, 0.25) is 5.91 Å². The number of H-pyrrole nitrogens is 1. The van der Waals surface area contributed by atoms with Crippen LogP contribution in [0, 0.1) is 0 Å². The lowest BCUT2D eigenvalue weighted by Gasteiger charge is -2.15. The van der Waals surface area contributed by atoms with Crippen LogP contribution in [-0.4, -0.2) is 27.4 Å². The van der Waals surface area contributed by atoms with Gasteiger partial charge in [-0.05, 0) is 12.0 Å². The number of hydrogen-bond acceptors (Lipinski definition) is 3. The van der Waals surface area contributed by atoms with Crippen molar-refractivity contribution < 1.29 is 4.79 Å². The number of aryl methyl sites for hydroxylation is 1. The Balaban J connectivity index is 1.86. The predicted octanol–water partition coefficient (Wildman–Crippen LogP) is 1.53. The molecular weight excluding hydrogens is 284 g/mol. The topological polar surface area (TPSA) is 83.8 Å². The number of thiocarbonyl (C=S) groups is 1. The summed E-state index contributed by atoms with van der Waals surface area (Å²) >= 11 is 5.02. The molecule has 110 valence electrons. The van der Waals surface area contributed by atoms with Crippen LogP contribution >= 0.6 is 12.2 Å². The molecule has 0 aliphatic rings. The smallest absolute Gasteiger partial charge is 0.234 e. The van der Waals surface area contributed by atoms with Gasteiger partial charge in [-0.1, -0.05) is 42.5 Å². The van der Waals surface area contributed by atoms with E-state index in [4.69, 9.17) is 18.0 Å². The molecular formula is C15H18N4OS. The number of aromatic nitrogens is 2. The number of nitrogens with one attached hydrogen (secondary N) is 2. The van der Waals surface area contributed by atoms with Crippen molar-refractivity contribution in [2.75, 3.05) is 6.54 Å². The molecule has 1 atom stereocenters. The molecule has 0 saturated carbocycles. The minimum absolute atomic E-state index is 0.159. The summed E-state index contributed by atoms with van der Waals surface area (Å²) in [6.07, 6.45) is 5.09. The molecule has 5 nitrogen and oxygen atoms in total. The number of carbonyl (C=O) groups is 1. The number of nitrogens with two attached hydrogens (primary N) is 1. The minimum Gasteiger partial charge on any atom is -0.392 e. The Morgan fingerprint density at radius 1 is 1.38 bits per heavy atom. The van der Waals surface area contributed by atoms with E-state index in [-0.39, 0.29) is 10.9 Å². The van der Waals surface area contributed by atoms with Gasteiger partial charge in [-0.2, -0.15) is 0 Å². The number of imidazole rings is 1. The summed E-state index contributed by atoms with van der Waals surface area (Å²) in [7, 11) is 0. The third-order valence-electron chi connectivity index (χ3n) is 3.12. The third kappa shape index (κ3) is 4.39. The molecule has 0 bridgehead atoms. The molecule has 2 rings (SSSR count). The van der Waals surface area contributed by atoms with Crippen LogP contribution in [0.4, 0.5) is 0 Å². The van der Waals surface area contributed by atoms with E-state index in [9.17, 15) is 4.79 Å². The molecule has 1 aromatic carbocycles. The quantitative estimate of drug-likeness (QED) is 0.535. The summed E-state index contributed by atoms with van der Waals surface area (Å²) in [6.45, 7) is 0.561. The van der Waals surface area contributed by atoms with Gasteiger partial charge in [0.05, 0.1) is 4.99 Å². The predicted molar refractivity (Wildman–Crippen MR) is 85.9 cm³/mol. The molecule has 1 aromatic heterocycles. The van der Waals surface area contributed by atoms with Crippen molar-refractivity contribution in [2.24, 2.45) is 5.73 Å². The zero-order valence-electron chi connectivity index (χ0n) is 11.6. The maximum atomic E-state index is 12.2. The van der Waals surface area contributed by atoms with Gasteiger partial charge in [0.25, 0.3) is 0 Å². The van der Waals surface area contributed by atoms with Crippen molar-refractivity contribution in [3.05, 3.63) is 54.1 Å². The van der Waals surface area contributed by atoms with E-state index in [0.717, 1.165) is 24.2 Å². The molecule has 0 aliphatic carbocycles. The summed E-state index contributed by atoms with van der Waals surface area (Å²) in [4.78, 5) is 19.6. The van der Waals surface area contributed by atoms with E-state index in [2.05, 4.69) is 15.3 Å². The van der Waals surface area contributed by atoms with E-state index in [1.165, 1.54) is 0 Å². The fraction of sp³-hybridized carbons (Fsp3) is 0.267. The van der Waals surface area contributed by atoms with Crippen LogP contribution < -0.4 is 11.1 Å². The molecule has 1 unspecified atom stereocenters. The van der Waals surface area contributed by atoms with Crippen LogP contribution in [0.5, 0.6) is 0 Å². The Bertz CT molecular complexity index is 583. The second kappa shape index (κ2) is 7.54. The lowest BCUT2D eigenvalue weighted by Crippen LogP contribution is -2.36. The molecule has 0 spiro atoms. The van der Waals surface area contributed by atoms with Crippen LogP contribution in [0.25, 0.3) is 0 Å². The summed E-state index contributed by atoms with van der Waals surface area (Å²) < 4.78 is 0. The number of hydrogen-bond donors (Lipinski definition) is 3. The standard InChI is InChI=1S/C15H18N4OS/c16-14(21)13(11-5-2-1-3-6-11)15(20)19-8-4-7-12-17-9-10-18-12/h1-3,5-6,9-10,13H,4,7-8H2,(H2,16,21)(H,17,18)(H,19,20). The van der Waals surface area contributed by atoms with Crippen molar-refractivity contribution in [3.8, 4) is 0 Å². The van der Waals surface area contributed by atoms with E-state index < -0.39 is 5.92 Å². The summed E-state index contributed by atoms with van der Waals surface area (Å²) in [5.74, 6) is 0.177. The average molecular weight is 302 g/mol. The maximum absolute atomic E-state index is 12.2. The molecule has 0 aliphatic heterocycles. The van der Waals surface area contributed by atoms with Gasteiger partial charge in [0, 0.05) is 25.4 Å². The van der Waals surface area contributed by atoms with Crippen LogP contribution in [0.15, 0.2) is 42.7 Å². The monoisotopic (exact) mass is 302 g/mol. The first-order chi connectivity index (χ1) is 10.2. The fourth-order valence-corrected chi connectivity index (χ4v) is 2.34. The Labute approximate surface area is 129 Å². The number of carbonyl (C=O) groups excluding carboxylic acids is 1. The summed E-state index contributed by atoms with van der Waals surface area (Å²) in [6, 6.07) is 9.33. The highest BCUT2D eigenvalue weighted by Gasteiger charge is 2.22. The van der Waals surface area contributed by atoms with Crippen LogP contribution in [0.3, 0.4) is 0 Å². The van der Waals surface area contributed by atoms with Crippen molar-refractivity contribution in [1.29, 1.82) is 0 Å². The molecule has 1 heterocycles. The van der Waals surface area contributed by atoms with Crippen molar-refractivity contribution in [2.45, 2.75) is 18.8 Å². The average Bonchev–Trinajstić information content (AvgIpc) is 2.98. The number of benzene rings is 1. The highest BCUT2D eigenvalue weighted by atomic mass is 32.1. The second-order valence-corrected chi connectivity index (χ2v) is 5.15. The van der Waals surface area contributed by atoms with E-state index >= 15 is 0 Å². The number of aromatic amines is 1. The molecule has 1 amide bonds. The largest absolute Gasteiger partial charge is 0.392 e. The Morgan fingerprint density at radius 3 is 2.76 bits per heavy atom. The van der Waals surface area contributed by atoms with Crippen molar-refractivity contribution in [3.63, 3.8) is 0 Å². The summed E-state index contributed by atoms with van der Waals surface area (Å²) in [5, 5.41) is 2.88. The zero-order chi connectivity index (χ0) is 15.1. The molecule has 0 radical (unpaired) electrons. The van der Waals surface area contributed by atoms with E-state index in [0.29, 0.717) is 6.54 Å².